The van der Waals surface area contributed by atoms with E-state index in [2.05, 4.69) is 71.2 Å². The normalized spacial score (nSPS) is 21.5. The van der Waals surface area contributed by atoms with Crippen LogP contribution in [-0.4, -0.2) is 64.0 Å². The molecule has 0 amide bonds. The van der Waals surface area contributed by atoms with Crippen LogP contribution < -0.4 is 4.90 Å². The lowest BCUT2D eigenvalue weighted by Crippen LogP contribution is -2.48. The highest BCUT2D eigenvalue weighted by atomic mass is 16.5. The van der Waals surface area contributed by atoms with Gasteiger partial charge in [-0.15, -0.1) is 5.10 Å². The molecule has 0 unspecified atom stereocenters. The molecule has 2 aliphatic rings. The van der Waals surface area contributed by atoms with E-state index in [9.17, 15) is 0 Å². The van der Waals surface area contributed by atoms with Gasteiger partial charge in [0.1, 0.15) is 0 Å². The Bertz CT molecular complexity index is 821. The average Bonchev–Trinajstić information content (AvgIpc) is 3.41. The number of rotatable bonds is 7. The van der Waals surface area contributed by atoms with Crippen molar-refractivity contribution in [3.63, 3.8) is 0 Å². The molecule has 2 atom stereocenters. The minimum absolute atomic E-state index is 0.244. The predicted molar refractivity (Wildman–Crippen MR) is 119 cm³/mol. The minimum atomic E-state index is 0.244. The molecule has 0 bridgehead atoms. The van der Waals surface area contributed by atoms with E-state index in [1.807, 2.05) is 4.68 Å². The molecule has 3 heterocycles. The van der Waals surface area contributed by atoms with Gasteiger partial charge in [-0.25, -0.2) is 4.68 Å². The fourth-order valence-corrected chi connectivity index (χ4v) is 4.76. The largest absolute Gasteiger partial charge is 0.376 e. The molecule has 0 spiro atoms. The Morgan fingerprint density at radius 3 is 2.63 bits per heavy atom. The molecule has 0 aliphatic carbocycles. The summed E-state index contributed by atoms with van der Waals surface area (Å²) in [6.07, 6.45) is 3.55. The maximum Gasteiger partial charge on any atom is 0.168 e. The SMILES string of the molecule is Cc1ccc(C)c(N2CCN([C@H](CC(C)C)c3nnnn3C[C@H]3CCCO3)CC2)c1. The Kier molecular flexibility index (Phi) is 6.68. The van der Waals surface area contributed by atoms with Crippen LogP contribution in [0.1, 0.15) is 56.1 Å². The first-order valence-corrected chi connectivity index (χ1v) is 11.4. The summed E-state index contributed by atoms with van der Waals surface area (Å²) in [5.74, 6) is 1.58. The molecule has 30 heavy (non-hydrogen) atoms. The molecular weight excluding hydrogens is 376 g/mol. The molecule has 2 saturated heterocycles. The first-order valence-electron chi connectivity index (χ1n) is 11.4. The van der Waals surface area contributed by atoms with Crippen molar-refractivity contribution in [2.24, 2.45) is 5.92 Å². The van der Waals surface area contributed by atoms with Gasteiger partial charge in [-0.05, 0) is 66.6 Å². The molecule has 1 aromatic heterocycles. The zero-order valence-corrected chi connectivity index (χ0v) is 18.9. The summed E-state index contributed by atoms with van der Waals surface area (Å²) >= 11 is 0. The van der Waals surface area contributed by atoms with Crippen LogP contribution >= 0.6 is 0 Å². The topological polar surface area (TPSA) is 59.3 Å². The van der Waals surface area contributed by atoms with Crippen molar-refractivity contribution >= 4 is 5.69 Å². The number of aryl methyl sites for hydroxylation is 2. The van der Waals surface area contributed by atoms with Crippen LogP contribution in [0.4, 0.5) is 5.69 Å². The Hall–Kier alpha value is -1.99. The number of anilines is 1. The van der Waals surface area contributed by atoms with Gasteiger partial charge in [-0.3, -0.25) is 4.90 Å². The fraction of sp³-hybridized carbons (Fsp3) is 0.696. The molecule has 7 heteroatoms. The Labute approximate surface area is 180 Å². The first kappa shape index (κ1) is 21.2. The van der Waals surface area contributed by atoms with Crippen LogP contribution in [0.15, 0.2) is 18.2 Å². The maximum atomic E-state index is 5.83. The van der Waals surface area contributed by atoms with E-state index in [-0.39, 0.29) is 12.1 Å². The molecule has 2 aromatic rings. The lowest BCUT2D eigenvalue weighted by atomic mass is 10.0. The number of tetrazole rings is 1. The third-order valence-corrected chi connectivity index (χ3v) is 6.41. The standard InChI is InChI=1S/C23H36N6O/c1-17(2)14-22(23-24-25-26-29(23)16-20-6-5-13-30-20)28-11-9-27(10-12-28)21-15-18(3)7-8-19(21)4/h7-8,15,17,20,22H,5-6,9-14,16H2,1-4H3/t20-,22-/m1/s1. The van der Waals surface area contributed by atoms with Gasteiger partial charge < -0.3 is 9.64 Å². The van der Waals surface area contributed by atoms with E-state index in [0.717, 1.165) is 64.4 Å². The summed E-state index contributed by atoms with van der Waals surface area (Å²) in [6, 6.07) is 7.00. The van der Waals surface area contributed by atoms with Crippen LogP contribution in [0.5, 0.6) is 0 Å². The van der Waals surface area contributed by atoms with Crippen molar-refractivity contribution in [2.75, 3.05) is 37.7 Å². The quantitative estimate of drug-likeness (QED) is 0.695. The van der Waals surface area contributed by atoms with E-state index in [1.54, 1.807) is 0 Å². The summed E-state index contributed by atoms with van der Waals surface area (Å²) in [4.78, 5) is 5.11. The van der Waals surface area contributed by atoms with Crippen LogP contribution in [0.25, 0.3) is 0 Å². The van der Waals surface area contributed by atoms with Gasteiger partial charge in [0.25, 0.3) is 0 Å². The molecule has 164 valence electrons. The third kappa shape index (κ3) is 4.83. The zero-order valence-electron chi connectivity index (χ0n) is 18.9. The van der Waals surface area contributed by atoms with E-state index < -0.39 is 0 Å². The van der Waals surface area contributed by atoms with Gasteiger partial charge in [-0.2, -0.15) is 0 Å². The van der Waals surface area contributed by atoms with Crippen molar-refractivity contribution in [2.45, 2.75) is 65.6 Å². The number of nitrogens with zero attached hydrogens (tertiary/aromatic N) is 6. The van der Waals surface area contributed by atoms with Crippen LogP contribution in [0, 0.1) is 19.8 Å². The molecule has 7 nitrogen and oxygen atoms in total. The van der Waals surface area contributed by atoms with Crippen LogP contribution in [0.3, 0.4) is 0 Å². The van der Waals surface area contributed by atoms with Gasteiger partial charge in [0.15, 0.2) is 5.82 Å². The lowest BCUT2D eigenvalue weighted by molar-refractivity contribution is 0.0885. The molecule has 0 radical (unpaired) electrons. The molecular formula is C23H36N6O. The fourth-order valence-electron chi connectivity index (χ4n) is 4.76. The lowest BCUT2D eigenvalue weighted by Gasteiger charge is -2.40. The van der Waals surface area contributed by atoms with Crippen molar-refractivity contribution in [3.05, 3.63) is 35.2 Å². The monoisotopic (exact) mass is 412 g/mol. The van der Waals surface area contributed by atoms with Crippen molar-refractivity contribution in [1.82, 2.24) is 25.1 Å². The molecule has 2 aliphatic heterocycles. The van der Waals surface area contributed by atoms with E-state index in [1.165, 1.54) is 16.8 Å². The summed E-state index contributed by atoms with van der Waals surface area (Å²) in [5.41, 5.74) is 4.05. The Morgan fingerprint density at radius 2 is 1.93 bits per heavy atom. The predicted octanol–water partition coefficient (Wildman–Crippen LogP) is 3.38. The van der Waals surface area contributed by atoms with Crippen molar-refractivity contribution < 1.29 is 4.74 Å². The number of hydrogen-bond donors (Lipinski definition) is 0. The second kappa shape index (κ2) is 9.43. The van der Waals surface area contributed by atoms with E-state index >= 15 is 0 Å². The van der Waals surface area contributed by atoms with Gasteiger partial charge >= 0.3 is 0 Å². The van der Waals surface area contributed by atoms with Gasteiger partial charge in [-0.1, -0.05) is 26.0 Å². The highest BCUT2D eigenvalue weighted by molar-refractivity contribution is 5.55. The number of benzene rings is 1. The zero-order chi connectivity index (χ0) is 21.1. The van der Waals surface area contributed by atoms with Gasteiger partial charge in [0.2, 0.25) is 0 Å². The van der Waals surface area contributed by atoms with Gasteiger partial charge in [0.05, 0.1) is 18.7 Å². The van der Waals surface area contributed by atoms with E-state index in [0.29, 0.717) is 5.92 Å². The van der Waals surface area contributed by atoms with Crippen molar-refractivity contribution in [1.29, 1.82) is 0 Å². The second-order valence-electron chi connectivity index (χ2n) is 9.31. The molecule has 4 rings (SSSR count). The minimum Gasteiger partial charge on any atom is -0.376 e. The molecule has 0 saturated carbocycles. The summed E-state index contributed by atoms with van der Waals surface area (Å²) in [5, 5.41) is 12.8. The smallest absolute Gasteiger partial charge is 0.168 e. The Balaban J connectivity index is 1.48. The van der Waals surface area contributed by atoms with Crippen LogP contribution in [0.2, 0.25) is 0 Å². The summed E-state index contributed by atoms with van der Waals surface area (Å²) in [6.45, 7) is 14.7. The molecule has 1 aromatic carbocycles. The first-order chi connectivity index (χ1) is 14.5. The summed E-state index contributed by atoms with van der Waals surface area (Å²) in [7, 11) is 0. The summed E-state index contributed by atoms with van der Waals surface area (Å²) < 4.78 is 7.83. The molecule has 0 N–H and O–H groups in total. The Morgan fingerprint density at radius 1 is 1.13 bits per heavy atom. The number of piperazine rings is 1. The number of hydrogen-bond acceptors (Lipinski definition) is 6. The van der Waals surface area contributed by atoms with E-state index in [4.69, 9.17) is 4.74 Å². The highest BCUT2D eigenvalue weighted by Crippen LogP contribution is 2.30. The third-order valence-electron chi connectivity index (χ3n) is 6.41. The van der Waals surface area contributed by atoms with Gasteiger partial charge in [0, 0.05) is 38.5 Å². The second-order valence-corrected chi connectivity index (χ2v) is 9.31. The number of ether oxygens (including phenoxy) is 1. The van der Waals surface area contributed by atoms with Crippen molar-refractivity contribution in [3.8, 4) is 0 Å². The number of aromatic nitrogens is 4. The van der Waals surface area contributed by atoms with Crippen LogP contribution in [-0.2, 0) is 11.3 Å². The molecule has 2 fully saturated rings. The highest BCUT2D eigenvalue weighted by Gasteiger charge is 2.31. The average molecular weight is 413 g/mol. The maximum absolute atomic E-state index is 5.83.